The van der Waals surface area contributed by atoms with Gasteiger partial charge in [0, 0.05) is 43.1 Å². The molecule has 0 saturated heterocycles. The van der Waals surface area contributed by atoms with Crippen molar-refractivity contribution in [2.24, 2.45) is 5.92 Å². The van der Waals surface area contributed by atoms with Crippen molar-refractivity contribution >= 4 is 16.7 Å². The summed E-state index contributed by atoms with van der Waals surface area (Å²) in [6.45, 7) is 6.69. The first-order chi connectivity index (χ1) is 12.2. The molecule has 0 aliphatic carbocycles. The smallest absolute Gasteiger partial charge is 0.163 e. The molecule has 2 aromatic heterocycles. The van der Waals surface area contributed by atoms with Gasteiger partial charge in [-0.3, -0.25) is 4.98 Å². The Labute approximate surface area is 148 Å². The van der Waals surface area contributed by atoms with E-state index < -0.39 is 0 Å². The first kappa shape index (κ1) is 17.3. The van der Waals surface area contributed by atoms with Crippen molar-refractivity contribution < 1.29 is 4.74 Å². The summed E-state index contributed by atoms with van der Waals surface area (Å²) in [4.78, 5) is 13.5. The number of hydrogen-bond acceptors (Lipinski definition) is 5. The summed E-state index contributed by atoms with van der Waals surface area (Å²) in [5, 5.41) is 4.46. The van der Waals surface area contributed by atoms with Crippen LogP contribution in [-0.2, 0) is 4.74 Å². The number of ether oxygens (including phenoxy) is 1. The Balaban J connectivity index is 1.74. The molecule has 5 nitrogen and oxygen atoms in total. The van der Waals surface area contributed by atoms with Crippen molar-refractivity contribution in [1.82, 2.24) is 15.0 Å². The number of aromatic nitrogens is 3. The van der Waals surface area contributed by atoms with E-state index in [1.165, 1.54) is 0 Å². The lowest BCUT2D eigenvalue weighted by atomic mass is 10.2. The van der Waals surface area contributed by atoms with E-state index in [0.717, 1.165) is 48.5 Å². The predicted octanol–water partition coefficient (Wildman–Crippen LogP) is 4.17. The highest BCUT2D eigenvalue weighted by atomic mass is 16.5. The van der Waals surface area contributed by atoms with Crippen molar-refractivity contribution in [3.63, 3.8) is 0 Å². The highest BCUT2D eigenvalue weighted by Gasteiger charge is 2.09. The Kier molecular flexibility index (Phi) is 5.90. The number of hydrogen-bond donors (Lipinski definition) is 1. The molecule has 0 atom stereocenters. The summed E-state index contributed by atoms with van der Waals surface area (Å²) in [6, 6.07) is 11.9. The molecule has 25 heavy (non-hydrogen) atoms. The zero-order valence-corrected chi connectivity index (χ0v) is 14.8. The zero-order chi connectivity index (χ0) is 17.5. The van der Waals surface area contributed by atoms with Crippen molar-refractivity contribution in [2.45, 2.75) is 20.3 Å². The third kappa shape index (κ3) is 4.73. The van der Waals surface area contributed by atoms with Gasteiger partial charge in [-0.2, -0.15) is 0 Å². The largest absolute Gasteiger partial charge is 0.381 e. The van der Waals surface area contributed by atoms with Crippen LogP contribution in [-0.4, -0.2) is 34.7 Å². The molecule has 0 unspecified atom stereocenters. The minimum Gasteiger partial charge on any atom is -0.381 e. The van der Waals surface area contributed by atoms with Gasteiger partial charge in [-0.05, 0) is 36.6 Å². The highest BCUT2D eigenvalue weighted by molar-refractivity contribution is 5.90. The van der Waals surface area contributed by atoms with Gasteiger partial charge in [-0.25, -0.2) is 9.97 Å². The van der Waals surface area contributed by atoms with E-state index in [1.807, 2.05) is 36.4 Å². The first-order valence-corrected chi connectivity index (χ1v) is 8.73. The molecular weight excluding hydrogens is 312 g/mol. The number of pyridine rings is 1. The van der Waals surface area contributed by atoms with E-state index in [9.17, 15) is 0 Å². The van der Waals surface area contributed by atoms with E-state index in [0.29, 0.717) is 11.7 Å². The molecule has 0 fully saturated rings. The lowest BCUT2D eigenvalue weighted by Crippen LogP contribution is -2.10. The van der Waals surface area contributed by atoms with E-state index in [4.69, 9.17) is 9.72 Å². The molecule has 1 aromatic carbocycles. The van der Waals surface area contributed by atoms with Gasteiger partial charge >= 0.3 is 0 Å². The number of rotatable bonds is 8. The molecule has 0 amide bonds. The minimum absolute atomic E-state index is 0.570. The van der Waals surface area contributed by atoms with Crippen LogP contribution in [0, 0.1) is 5.92 Å². The molecule has 3 rings (SSSR count). The Morgan fingerprint density at radius 2 is 1.96 bits per heavy atom. The maximum atomic E-state index is 5.63. The average molecular weight is 336 g/mol. The summed E-state index contributed by atoms with van der Waals surface area (Å²) >= 11 is 0. The number of para-hydroxylation sites is 1. The molecule has 1 N–H and O–H groups in total. The SMILES string of the molecule is CC(C)COCCCNc1nc(-c2cccnc2)nc2ccccc12. The quantitative estimate of drug-likeness (QED) is 0.626. The van der Waals surface area contributed by atoms with Gasteiger partial charge in [0.05, 0.1) is 5.52 Å². The molecule has 0 aliphatic rings. The van der Waals surface area contributed by atoms with Gasteiger partial charge in [-0.15, -0.1) is 0 Å². The van der Waals surface area contributed by atoms with E-state index in [1.54, 1.807) is 12.4 Å². The minimum atomic E-state index is 0.570. The number of nitrogens with one attached hydrogen (secondary N) is 1. The van der Waals surface area contributed by atoms with Crippen molar-refractivity contribution in [3.05, 3.63) is 48.8 Å². The first-order valence-electron chi connectivity index (χ1n) is 8.73. The molecular formula is C20H24N4O. The van der Waals surface area contributed by atoms with Gasteiger partial charge in [-0.1, -0.05) is 26.0 Å². The van der Waals surface area contributed by atoms with Crippen LogP contribution in [0.25, 0.3) is 22.3 Å². The predicted molar refractivity (Wildman–Crippen MR) is 102 cm³/mol. The lowest BCUT2D eigenvalue weighted by molar-refractivity contribution is 0.110. The summed E-state index contributed by atoms with van der Waals surface area (Å²) in [5.41, 5.74) is 1.84. The lowest BCUT2D eigenvalue weighted by Gasteiger charge is -2.11. The van der Waals surface area contributed by atoms with Crippen LogP contribution in [0.1, 0.15) is 20.3 Å². The zero-order valence-electron chi connectivity index (χ0n) is 14.8. The van der Waals surface area contributed by atoms with E-state index in [2.05, 4.69) is 29.1 Å². The van der Waals surface area contributed by atoms with Crippen molar-refractivity contribution in [2.75, 3.05) is 25.1 Å². The van der Waals surface area contributed by atoms with Crippen LogP contribution >= 0.6 is 0 Å². The fourth-order valence-corrected chi connectivity index (χ4v) is 2.54. The van der Waals surface area contributed by atoms with Crippen LogP contribution in [0.4, 0.5) is 5.82 Å². The molecule has 0 bridgehead atoms. The summed E-state index contributed by atoms with van der Waals surface area (Å²) in [6.07, 6.45) is 4.47. The summed E-state index contributed by atoms with van der Waals surface area (Å²) in [7, 11) is 0. The standard InChI is InChI=1S/C20H24N4O/c1-15(2)14-25-12-6-11-22-20-17-8-3-4-9-18(17)23-19(24-20)16-7-5-10-21-13-16/h3-5,7-10,13,15H,6,11-12,14H2,1-2H3,(H,22,23,24). The van der Waals surface area contributed by atoms with E-state index in [-0.39, 0.29) is 0 Å². The number of fused-ring (bicyclic) bond motifs is 1. The second-order valence-corrected chi connectivity index (χ2v) is 6.40. The molecule has 3 aromatic rings. The molecule has 0 radical (unpaired) electrons. The van der Waals surface area contributed by atoms with Gasteiger partial charge < -0.3 is 10.1 Å². The highest BCUT2D eigenvalue weighted by Crippen LogP contribution is 2.24. The van der Waals surface area contributed by atoms with Gasteiger partial charge in [0.1, 0.15) is 5.82 Å². The summed E-state index contributed by atoms with van der Waals surface area (Å²) < 4.78 is 5.63. The maximum absolute atomic E-state index is 5.63. The Morgan fingerprint density at radius 1 is 1.08 bits per heavy atom. The van der Waals surface area contributed by atoms with Crippen LogP contribution < -0.4 is 5.32 Å². The third-order valence-corrected chi connectivity index (χ3v) is 3.73. The fourth-order valence-electron chi connectivity index (χ4n) is 2.54. The van der Waals surface area contributed by atoms with Crippen LogP contribution in [0.2, 0.25) is 0 Å². The van der Waals surface area contributed by atoms with E-state index >= 15 is 0 Å². The molecule has 5 heteroatoms. The van der Waals surface area contributed by atoms with Crippen LogP contribution in [0.15, 0.2) is 48.8 Å². The average Bonchev–Trinajstić information content (AvgIpc) is 2.64. The Bertz CT molecular complexity index is 805. The Morgan fingerprint density at radius 3 is 2.76 bits per heavy atom. The number of anilines is 1. The topological polar surface area (TPSA) is 59.9 Å². The van der Waals surface area contributed by atoms with Crippen molar-refractivity contribution in [1.29, 1.82) is 0 Å². The van der Waals surface area contributed by atoms with Gasteiger partial charge in [0.15, 0.2) is 5.82 Å². The van der Waals surface area contributed by atoms with Crippen molar-refractivity contribution in [3.8, 4) is 11.4 Å². The molecule has 0 aliphatic heterocycles. The Hall–Kier alpha value is -2.53. The van der Waals surface area contributed by atoms with Crippen LogP contribution in [0.5, 0.6) is 0 Å². The van der Waals surface area contributed by atoms with Gasteiger partial charge in [0.2, 0.25) is 0 Å². The number of benzene rings is 1. The second kappa shape index (κ2) is 8.53. The molecule has 0 saturated carbocycles. The third-order valence-electron chi connectivity index (χ3n) is 3.73. The molecule has 2 heterocycles. The normalized spacial score (nSPS) is 11.2. The fraction of sp³-hybridized carbons (Fsp3) is 0.350. The second-order valence-electron chi connectivity index (χ2n) is 6.40. The summed E-state index contributed by atoms with van der Waals surface area (Å²) in [5.74, 6) is 2.11. The van der Waals surface area contributed by atoms with Gasteiger partial charge in [0.25, 0.3) is 0 Å². The maximum Gasteiger partial charge on any atom is 0.163 e. The van der Waals surface area contributed by atoms with Crippen LogP contribution in [0.3, 0.4) is 0 Å². The number of nitrogens with zero attached hydrogens (tertiary/aromatic N) is 3. The molecule has 0 spiro atoms. The monoisotopic (exact) mass is 336 g/mol. The molecule has 130 valence electrons.